The lowest BCUT2D eigenvalue weighted by Crippen LogP contribution is -1.93. The summed E-state index contributed by atoms with van der Waals surface area (Å²) >= 11 is 5.88. The van der Waals surface area contributed by atoms with Crippen molar-refractivity contribution in [3.63, 3.8) is 0 Å². The maximum atomic E-state index is 5.88. The minimum absolute atomic E-state index is 0.702. The summed E-state index contributed by atoms with van der Waals surface area (Å²) in [5.41, 5.74) is 2.89. The van der Waals surface area contributed by atoms with Gasteiger partial charge in [0.2, 0.25) is 0 Å². The Hall–Kier alpha value is -2.91. The molecule has 0 aliphatic carbocycles. The fraction of sp³-hybridized carbons (Fsp3) is 0. The van der Waals surface area contributed by atoms with Gasteiger partial charge >= 0.3 is 0 Å². The highest BCUT2D eigenvalue weighted by Crippen LogP contribution is 2.13. The van der Waals surface area contributed by atoms with Crippen LogP contribution in [0.15, 0.2) is 85.1 Å². The Balaban J connectivity index is 1.58. The number of hydrogen-bond acceptors (Lipinski definition) is 2. The second kappa shape index (κ2) is 8.09. The van der Waals surface area contributed by atoms with Gasteiger partial charge in [0.1, 0.15) is 5.69 Å². The molecule has 0 saturated carbocycles. The van der Waals surface area contributed by atoms with Crippen molar-refractivity contribution in [3.8, 4) is 5.69 Å². The highest BCUT2D eigenvalue weighted by molar-refractivity contribution is 6.30. The average Bonchev–Trinajstić information content (AvgIpc) is 3.08. The lowest BCUT2D eigenvalue weighted by molar-refractivity contribution is 0.802. The summed E-state index contributed by atoms with van der Waals surface area (Å²) < 4.78 is 1.72. The van der Waals surface area contributed by atoms with E-state index in [2.05, 4.69) is 28.5 Å². The van der Waals surface area contributed by atoms with E-state index >= 15 is 0 Å². The molecule has 3 aromatic rings. The fourth-order valence-electron chi connectivity index (χ4n) is 2.09. The van der Waals surface area contributed by atoms with Gasteiger partial charge in [-0.2, -0.15) is 0 Å². The van der Waals surface area contributed by atoms with Gasteiger partial charge in [-0.1, -0.05) is 77.5 Å². The Labute approximate surface area is 146 Å². The molecule has 0 unspecified atom stereocenters. The number of rotatable bonds is 5. The molecule has 0 bridgehead atoms. The molecule has 0 saturated heterocycles. The Kier molecular flexibility index (Phi) is 5.38. The minimum Gasteiger partial charge on any atom is -0.220 e. The number of allylic oxidation sites excluding steroid dienone is 4. The molecule has 0 atom stereocenters. The zero-order valence-electron chi connectivity index (χ0n) is 13.0. The van der Waals surface area contributed by atoms with E-state index in [1.807, 2.05) is 79.0 Å². The third kappa shape index (κ3) is 4.54. The van der Waals surface area contributed by atoms with Crippen molar-refractivity contribution in [1.29, 1.82) is 0 Å². The van der Waals surface area contributed by atoms with Crippen molar-refractivity contribution < 1.29 is 0 Å². The van der Waals surface area contributed by atoms with Gasteiger partial charge in [0, 0.05) is 5.02 Å². The molecule has 0 N–H and O–H groups in total. The Morgan fingerprint density at radius 1 is 0.792 bits per heavy atom. The minimum atomic E-state index is 0.702. The molecule has 3 rings (SSSR count). The van der Waals surface area contributed by atoms with E-state index in [0.29, 0.717) is 5.02 Å². The molecule has 2 aromatic carbocycles. The van der Waals surface area contributed by atoms with Crippen LogP contribution in [0, 0.1) is 0 Å². The van der Waals surface area contributed by atoms with Crippen molar-refractivity contribution in [2.45, 2.75) is 0 Å². The molecule has 0 amide bonds. The van der Waals surface area contributed by atoms with Crippen LogP contribution in [0.25, 0.3) is 17.8 Å². The molecule has 24 heavy (non-hydrogen) atoms. The van der Waals surface area contributed by atoms with Crippen LogP contribution >= 0.6 is 11.6 Å². The lowest BCUT2D eigenvalue weighted by Gasteiger charge is -1.98. The summed E-state index contributed by atoms with van der Waals surface area (Å²) in [5, 5.41) is 8.93. The van der Waals surface area contributed by atoms with Gasteiger partial charge in [-0.15, -0.1) is 5.10 Å². The second-order valence-corrected chi connectivity index (χ2v) is 5.51. The lowest BCUT2D eigenvalue weighted by atomic mass is 10.2. The summed E-state index contributed by atoms with van der Waals surface area (Å²) in [6, 6.07) is 17.6. The Bertz CT molecular complexity index is 859. The number of hydrogen-bond donors (Lipinski definition) is 0. The van der Waals surface area contributed by atoms with Crippen molar-refractivity contribution in [1.82, 2.24) is 15.0 Å². The van der Waals surface area contributed by atoms with Crippen LogP contribution in [-0.2, 0) is 0 Å². The average molecular weight is 334 g/mol. The van der Waals surface area contributed by atoms with Gasteiger partial charge in [0.25, 0.3) is 0 Å². The van der Waals surface area contributed by atoms with Crippen LogP contribution in [-0.4, -0.2) is 15.0 Å². The molecule has 0 aliphatic rings. The van der Waals surface area contributed by atoms with Crippen molar-refractivity contribution in [3.05, 3.63) is 101 Å². The van der Waals surface area contributed by atoms with Crippen LogP contribution < -0.4 is 0 Å². The van der Waals surface area contributed by atoms with E-state index in [-0.39, 0.29) is 0 Å². The van der Waals surface area contributed by atoms with Gasteiger partial charge < -0.3 is 0 Å². The van der Waals surface area contributed by atoms with E-state index < -0.39 is 0 Å². The number of aromatic nitrogens is 3. The van der Waals surface area contributed by atoms with Crippen molar-refractivity contribution in [2.75, 3.05) is 0 Å². The van der Waals surface area contributed by atoms with E-state index in [1.54, 1.807) is 4.68 Å². The first-order chi connectivity index (χ1) is 11.8. The first-order valence-electron chi connectivity index (χ1n) is 7.56. The predicted molar refractivity (Wildman–Crippen MR) is 100 cm³/mol. The molecule has 118 valence electrons. The molecule has 0 fully saturated rings. The van der Waals surface area contributed by atoms with Gasteiger partial charge in [0.15, 0.2) is 0 Å². The van der Waals surface area contributed by atoms with Crippen LogP contribution in [0.5, 0.6) is 0 Å². The van der Waals surface area contributed by atoms with Crippen LogP contribution in [0.3, 0.4) is 0 Å². The maximum Gasteiger partial charge on any atom is 0.106 e. The molecule has 3 nitrogen and oxygen atoms in total. The molecule has 0 radical (unpaired) electrons. The maximum absolute atomic E-state index is 5.88. The van der Waals surface area contributed by atoms with E-state index in [0.717, 1.165) is 11.4 Å². The third-order valence-corrected chi connectivity index (χ3v) is 3.54. The van der Waals surface area contributed by atoms with Gasteiger partial charge in [-0.3, -0.25) is 0 Å². The summed E-state index contributed by atoms with van der Waals surface area (Å²) in [6.45, 7) is 0. The zero-order valence-corrected chi connectivity index (χ0v) is 13.7. The summed E-state index contributed by atoms with van der Waals surface area (Å²) in [6.07, 6.45) is 13.7. The topological polar surface area (TPSA) is 30.7 Å². The van der Waals surface area contributed by atoms with E-state index in [9.17, 15) is 0 Å². The monoisotopic (exact) mass is 333 g/mol. The first-order valence-corrected chi connectivity index (χ1v) is 7.94. The highest BCUT2D eigenvalue weighted by atomic mass is 35.5. The molecule has 1 heterocycles. The first kappa shape index (κ1) is 16.0. The van der Waals surface area contributed by atoms with Crippen LogP contribution in [0.1, 0.15) is 11.3 Å². The Morgan fingerprint density at radius 3 is 2.25 bits per heavy atom. The molecule has 1 aromatic heterocycles. The van der Waals surface area contributed by atoms with Gasteiger partial charge in [-0.25, -0.2) is 4.68 Å². The van der Waals surface area contributed by atoms with E-state index in [4.69, 9.17) is 11.6 Å². The summed E-state index contributed by atoms with van der Waals surface area (Å²) in [5.74, 6) is 0. The predicted octanol–water partition coefficient (Wildman–Crippen LogP) is 5.20. The quantitative estimate of drug-likeness (QED) is 0.600. The molecular weight excluding hydrogens is 318 g/mol. The SMILES string of the molecule is Clc1ccc(-n2cc(/C=C/C=C\C=C\c3ccccc3)nn2)cc1. The molecular formula is C20H16ClN3. The smallest absolute Gasteiger partial charge is 0.106 e. The molecule has 0 spiro atoms. The number of nitrogens with zero attached hydrogens (tertiary/aromatic N) is 3. The largest absolute Gasteiger partial charge is 0.220 e. The number of benzene rings is 2. The normalized spacial score (nSPS) is 11.9. The van der Waals surface area contributed by atoms with Crippen LogP contribution in [0.2, 0.25) is 5.02 Å². The molecule has 0 aliphatic heterocycles. The van der Waals surface area contributed by atoms with E-state index in [1.165, 1.54) is 5.56 Å². The fourth-order valence-corrected chi connectivity index (χ4v) is 2.21. The summed E-state index contributed by atoms with van der Waals surface area (Å²) in [4.78, 5) is 0. The standard InChI is InChI=1S/C20H16ClN3/c21-18-12-14-20(15-13-18)24-16-19(22-23-24)11-7-2-1-4-8-17-9-5-3-6-10-17/h1-16H/b2-1-,8-4+,11-7+. The number of halogens is 1. The zero-order chi connectivity index (χ0) is 16.6. The third-order valence-electron chi connectivity index (χ3n) is 3.29. The summed E-state index contributed by atoms with van der Waals surface area (Å²) in [7, 11) is 0. The second-order valence-electron chi connectivity index (χ2n) is 5.08. The highest BCUT2D eigenvalue weighted by Gasteiger charge is 1.99. The van der Waals surface area contributed by atoms with Crippen molar-refractivity contribution >= 4 is 23.8 Å². The Morgan fingerprint density at radius 2 is 1.50 bits per heavy atom. The van der Waals surface area contributed by atoms with Crippen molar-refractivity contribution in [2.24, 2.45) is 0 Å². The molecule has 4 heteroatoms. The van der Waals surface area contributed by atoms with Gasteiger partial charge in [0.05, 0.1) is 11.9 Å². The van der Waals surface area contributed by atoms with Gasteiger partial charge in [-0.05, 0) is 35.9 Å². The van der Waals surface area contributed by atoms with Crippen LogP contribution in [0.4, 0.5) is 0 Å².